The molecule has 0 aliphatic rings. The van der Waals surface area contributed by atoms with Crippen LogP contribution in [0, 0.1) is 6.92 Å². The molecule has 0 heterocycles. The molecule has 1 nitrogen and oxygen atoms in total. The fourth-order valence-corrected chi connectivity index (χ4v) is 1.26. The van der Waals surface area contributed by atoms with Gasteiger partial charge in [0.1, 0.15) is 0 Å². The molecule has 0 fully saturated rings. The summed E-state index contributed by atoms with van der Waals surface area (Å²) in [6.45, 7) is 11.3. The maximum Gasteiger partial charge on any atom is 2.00 e. The standard InChI is InChI=1S/C13H27O.BrH.Mg/c1-5-7-8-9-10-11-12-14-13(3,4)6-2;;/h1,5-12H2,2-4H3;1H;/q-1;;+2/p-1. The van der Waals surface area contributed by atoms with Crippen LogP contribution in [0.25, 0.3) is 0 Å². The number of halogens is 1. The van der Waals surface area contributed by atoms with Gasteiger partial charge in [0.15, 0.2) is 0 Å². The molecule has 0 rings (SSSR count). The Hall–Kier alpha value is 1.21. The van der Waals surface area contributed by atoms with Crippen LogP contribution < -0.4 is 17.0 Å². The fraction of sp³-hybridized carbons (Fsp3) is 0.923. The minimum absolute atomic E-state index is 0. The van der Waals surface area contributed by atoms with Crippen LogP contribution in [0.5, 0.6) is 0 Å². The first-order valence-electron chi connectivity index (χ1n) is 6.05. The van der Waals surface area contributed by atoms with Gasteiger partial charge in [-0.05, 0) is 26.7 Å². The zero-order chi connectivity index (χ0) is 10.9. The van der Waals surface area contributed by atoms with Gasteiger partial charge in [-0.3, -0.25) is 0 Å². The summed E-state index contributed by atoms with van der Waals surface area (Å²) in [4.78, 5) is 0. The smallest absolute Gasteiger partial charge is 1.00 e. The molecular weight excluding hydrogens is 276 g/mol. The van der Waals surface area contributed by atoms with Crippen molar-refractivity contribution >= 4 is 23.1 Å². The van der Waals surface area contributed by atoms with E-state index in [9.17, 15) is 0 Å². The van der Waals surface area contributed by atoms with Gasteiger partial charge >= 0.3 is 23.1 Å². The Bertz CT molecular complexity index is 129. The molecule has 0 saturated carbocycles. The fourth-order valence-electron chi connectivity index (χ4n) is 1.26. The van der Waals surface area contributed by atoms with Crippen LogP contribution >= 0.6 is 0 Å². The Morgan fingerprint density at radius 1 is 1.00 bits per heavy atom. The van der Waals surface area contributed by atoms with Crippen molar-refractivity contribution in [1.82, 2.24) is 0 Å². The first-order chi connectivity index (χ1) is 6.62. The second-order valence-electron chi connectivity index (χ2n) is 4.58. The number of ether oxygens (including phenoxy) is 1. The van der Waals surface area contributed by atoms with E-state index in [2.05, 4.69) is 27.7 Å². The normalized spacial score (nSPS) is 10.5. The second kappa shape index (κ2) is 14.3. The minimum atomic E-state index is 0. The van der Waals surface area contributed by atoms with Crippen LogP contribution in [0.4, 0.5) is 0 Å². The van der Waals surface area contributed by atoms with Crippen LogP contribution in [-0.4, -0.2) is 35.3 Å². The van der Waals surface area contributed by atoms with Crippen molar-refractivity contribution in [3.63, 3.8) is 0 Å². The van der Waals surface area contributed by atoms with Crippen molar-refractivity contribution < 1.29 is 21.7 Å². The molecule has 0 atom stereocenters. The molecule has 0 aromatic carbocycles. The SMILES string of the molecule is [Br-].[CH2-]CCCCCCCOC(C)(C)CC.[Mg+2]. The van der Waals surface area contributed by atoms with Crippen LogP contribution in [0.3, 0.4) is 0 Å². The molecule has 0 aromatic rings. The Morgan fingerprint density at radius 2 is 1.50 bits per heavy atom. The van der Waals surface area contributed by atoms with E-state index in [-0.39, 0.29) is 45.6 Å². The summed E-state index contributed by atoms with van der Waals surface area (Å²) in [6.07, 6.45) is 8.64. The molecule has 0 amide bonds. The van der Waals surface area contributed by atoms with E-state index in [4.69, 9.17) is 4.74 Å². The van der Waals surface area contributed by atoms with Crippen molar-refractivity contribution in [3.05, 3.63) is 6.92 Å². The predicted molar refractivity (Wildman–Crippen MR) is 69.1 cm³/mol. The Balaban J connectivity index is -0.000000845. The number of unbranched alkanes of at least 4 members (excludes halogenated alkanes) is 5. The Kier molecular flexibility index (Phi) is 20.0. The van der Waals surface area contributed by atoms with E-state index in [1.54, 1.807) is 0 Å². The van der Waals surface area contributed by atoms with Gasteiger partial charge in [0.25, 0.3) is 0 Å². The molecule has 3 heteroatoms. The summed E-state index contributed by atoms with van der Waals surface area (Å²) < 4.78 is 5.77. The van der Waals surface area contributed by atoms with Gasteiger partial charge < -0.3 is 28.6 Å². The van der Waals surface area contributed by atoms with E-state index in [0.717, 1.165) is 19.4 Å². The van der Waals surface area contributed by atoms with Gasteiger partial charge in [-0.25, -0.2) is 0 Å². The van der Waals surface area contributed by atoms with Crippen molar-refractivity contribution in [2.24, 2.45) is 0 Å². The van der Waals surface area contributed by atoms with Crippen LogP contribution in [-0.2, 0) is 4.74 Å². The maximum absolute atomic E-state index is 5.77. The van der Waals surface area contributed by atoms with Gasteiger partial charge in [0, 0.05) is 6.61 Å². The van der Waals surface area contributed by atoms with Gasteiger partial charge in [-0.1, -0.05) is 32.6 Å². The first-order valence-corrected chi connectivity index (χ1v) is 6.05. The molecule has 0 bridgehead atoms. The molecule has 0 saturated heterocycles. The molecule has 0 aliphatic heterocycles. The molecule has 16 heavy (non-hydrogen) atoms. The quantitative estimate of drug-likeness (QED) is 0.351. The topological polar surface area (TPSA) is 9.23 Å². The van der Waals surface area contributed by atoms with E-state index in [1.807, 2.05) is 0 Å². The van der Waals surface area contributed by atoms with Crippen LogP contribution in [0.15, 0.2) is 0 Å². The van der Waals surface area contributed by atoms with Crippen molar-refractivity contribution in [2.45, 2.75) is 71.3 Å². The van der Waals surface area contributed by atoms with Gasteiger partial charge in [0.2, 0.25) is 0 Å². The molecule has 0 spiro atoms. The molecule has 0 radical (unpaired) electrons. The summed E-state index contributed by atoms with van der Waals surface area (Å²) >= 11 is 0. The summed E-state index contributed by atoms with van der Waals surface area (Å²) in [5, 5.41) is 0. The van der Waals surface area contributed by atoms with E-state index >= 15 is 0 Å². The van der Waals surface area contributed by atoms with Crippen molar-refractivity contribution in [1.29, 1.82) is 0 Å². The number of rotatable bonds is 9. The van der Waals surface area contributed by atoms with Gasteiger partial charge in [-0.15, -0.1) is 0 Å². The predicted octanol–water partition coefficient (Wildman–Crippen LogP) is 0.989. The minimum Gasteiger partial charge on any atom is -1.00 e. The van der Waals surface area contributed by atoms with Crippen LogP contribution in [0.2, 0.25) is 0 Å². The van der Waals surface area contributed by atoms with Crippen molar-refractivity contribution in [3.8, 4) is 0 Å². The third kappa shape index (κ3) is 15.2. The molecule has 0 aromatic heterocycles. The average Bonchev–Trinajstić information content (AvgIpc) is 2.16. The summed E-state index contributed by atoms with van der Waals surface area (Å²) in [5.74, 6) is 0. The van der Waals surface area contributed by atoms with E-state index < -0.39 is 0 Å². The largest absolute Gasteiger partial charge is 2.00 e. The average molecular weight is 304 g/mol. The first kappa shape index (κ1) is 22.4. The third-order valence-electron chi connectivity index (χ3n) is 2.74. The van der Waals surface area contributed by atoms with E-state index in [1.165, 1.54) is 32.1 Å². The molecule has 94 valence electrons. The maximum atomic E-state index is 5.77. The number of hydrogen-bond donors (Lipinski definition) is 0. The zero-order valence-electron chi connectivity index (χ0n) is 11.4. The Labute approximate surface area is 129 Å². The summed E-state index contributed by atoms with van der Waals surface area (Å²) in [5.41, 5.74) is 0.0767. The van der Waals surface area contributed by atoms with Crippen molar-refractivity contribution in [2.75, 3.05) is 6.61 Å². The molecule has 0 unspecified atom stereocenters. The molecule has 0 aliphatic carbocycles. The molecule has 0 N–H and O–H groups in total. The Morgan fingerprint density at radius 3 is 2.00 bits per heavy atom. The third-order valence-corrected chi connectivity index (χ3v) is 2.74. The molecular formula is C13H27BrMgO. The zero-order valence-corrected chi connectivity index (χ0v) is 14.4. The van der Waals surface area contributed by atoms with E-state index in [0.29, 0.717) is 0 Å². The van der Waals surface area contributed by atoms with Gasteiger partial charge in [-0.2, -0.15) is 6.42 Å². The van der Waals surface area contributed by atoms with Crippen LogP contribution in [0.1, 0.15) is 65.7 Å². The summed E-state index contributed by atoms with van der Waals surface area (Å²) in [6, 6.07) is 0. The monoisotopic (exact) mass is 302 g/mol. The second-order valence-corrected chi connectivity index (χ2v) is 4.58. The van der Waals surface area contributed by atoms with Gasteiger partial charge in [0.05, 0.1) is 5.60 Å². The summed E-state index contributed by atoms with van der Waals surface area (Å²) in [7, 11) is 0. The number of hydrogen-bond acceptors (Lipinski definition) is 1.